The van der Waals surface area contributed by atoms with Crippen molar-refractivity contribution in [2.24, 2.45) is 10.7 Å². The molecule has 0 unspecified atom stereocenters. The number of nitrogens with one attached hydrogen (secondary N) is 1. The van der Waals surface area contributed by atoms with Crippen molar-refractivity contribution in [3.63, 3.8) is 0 Å². The van der Waals surface area contributed by atoms with E-state index in [0.29, 0.717) is 12.5 Å². The minimum absolute atomic E-state index is 0.0438. The Labute approximate surface area is 110 Å². The number of ether oxygens (including phenoxy) is 1. The number of hydrogen-bond acceptors (Lipinski definition) is 3. The summed E-state index contributed by atoms with van der Waals surface area (Å²) in [7, 11) is 0. The fourth-order valence-electron chi connectivity index (χ4n) is 1.92. The van der Waals surface area contributed by atoms with Crippen LogP contribution in [0.5, 0.6) is 0 Å². The second kappa shape index (κ2) is 6.75. The molecule has 0 aromatic rings. The summed E-state index contributed by atoms with van der Waals surface area (Å²) in [5.41, 5.74) is 6.71. The Bertz CT molecular complexity index is 312. The van der Waals surface area contributed by atoms with Gasteiger partial charge in [-0.15, -0.1) is 0 Å². The number of nitrogens with two attached hydrogens (primary N) is 1. The molecule has 1 saturated heterocycles. The van der Waals surface area contributed by atoms with Crippen molar-refractivity contribution in [1.82, 2.24) is 10.2 Å². The highest BCUT2D eigenvalue weighted by Crippen LogP contribution is 2.15. The third kappa shape index (κ3) is 6.02. The van der Waals surface area contributed by atoms with Crippen molar-refractivity contribution in [2.75, 3.05) is 39.3 Å². The molecular formula is C13H26N4O. The third-order valence-electron chi connectivity index (χ3n) is 2.76. The molecule has 1 aliphatic rings. The SMILES string of the molecule is C=C(C)CN=C(N)NCCN1CCOC(C)(C)C1. The van der Waals surface area contributed by atoms with E-state index in [1.54, 1.807) is 0 Å². The molecule has 0 spiro atoms. The van der Waals surface area contributed by atoms with E-state index in [4.69, 9.17) is 10.5 Å². The Morgan fingerprint density at radius 1 is 1.56 bits per heavy atom. The van der Waals surface area contributed by atoms with Gasteiger partial charge in [-0.2, -0.15) is 0 Å². The molecule has 1 fully saturated rings. The molecule has 18 heavy (non-hydrogen) atoms. The van der Waals surface area contributed by atoms with E-state index in [1.807, 2.05) is 6.92 Å². The van der Waals surface area contributed by atoms with E-state index in [-0.39, 0.29) is 5.60 Å². The molecule has 0 aromatic heterocycles. The maximum atomic E-state index is 5.75. The molecule has 1 aliphatic heterocycles. The minimum atomic E-state index is -0.0438. The minimum Gasteiger partial charge on any atom is -0.373 e. The summed E-state index contributed by atoms with van der Waals surface area (Å²) < 4.78 is 5.67. The lowest BCUT2D eigenvalue weighted by Crippen LogP contribution is -2.50. The van der Waals surface area contributed by atoms with Gasteiger partial charge in [0.1, 0.15) is 0 Å². The zero-order valence-electron chi connectivity index (χ0n) is 11.8. The third-order valence-corrected chi connectivity index (χ3v) is 2.76. The highest BCUT2D eigenvalue weighted by molar-refractivity contribution is 5.77. The predicted molar refractivity (Wildman–Crippen MR) is 75.8 cm³/mol. The standard InChI is InChI=1S/C13H26N4O/c1-11(2)9-16-12(14)15-5-6-17-7-8-18-13(3,4)10-17/h1,5-10H2,2-4H3,(H3,14,15,16). The normalized spacial score (nSPS) is 20.7. The average molecular weight is 254 g/mol. The topological polar surface area (TPSA) is 62.9 Å². The van der Waals surface area contributed by atoms with E-state index in [0.717, 1.165) is 38.4 Å². The lowest BCUT2D eigenvalue weighted by molar-refractivity contribution is -0.0852. The van der Waals surface area contributed by atoms with Gasteiger partial charge in [0.2, 0.25) is 0 Å². The van der Waals surface area contributed by atoms with E-state index < -0.39 is 0 Å². The van der Waals surface area contributed by atoms with Gasteiger partial charge in [0.15, 0.2) is 5.96 Å². The molecule has 5 nitrogen and oxygen atoms in total. The van der Waals surface area contributed by atoms with Crippen LogP contribution in [0.3, 0.4) is 0 Å². The van der Waals surface area contributed by atoms with Crippen LogP contribution in [0, 0.1) is 0 Å². The summed E-state index contributed by atoms with van der Waals surface area (Å²) in [6, 6.07) is 0. The molecular weight excluding hydrogens is 228 g/mol. The van der Waals surface area contributed by atoms with Crippen molar-refractivity contribution in [3.8, 4) is 0 Å². The van der Waals surface area contributed by atoms with Gasteiger partial charge in [0, 0.05) is 26.2 Å². The van der Waals surface area contributed by atoms with Gasteiger partial charge in [0.25, 0.3) is 0 Å². The smallest absolute Gasteiger partial charge is 0.188 e. The van der Waals surface area contributed by atoms with Gasteiger partial charge in [-0.3, -0.25) is 4.90 Å². The molecule has 0 bridgehead atoms. The van der Waals surface area contributed by atoms with Crippen molar-refractivity contribution in [2.45, 2.75) is 26.4 Å². The van der Waals surface area contributed by atoms with Crippen LogP contribution in [-0.4, -0.2) is 55.8 Å². The Kier molecular flexibility index (Phi) is 5.62. The van der Waals surface area contributed by atoms with Gasteiger partial charge in [0.05, 0.1) is 18.8 Å². The number of aliphatic imine (C=N–C) groups is 1. The fourth-order valence-corrected chi connectivity index (χ4v) is 1.92. The molecule has 1 heterocycles. The van der Waals surface area contributed by atoms with Crippen LogP contribution in [0.25, 0.3) is 0 Å². The molecule has 1 rings (SSSR count). The van der Waals surface area contributed by atoms with Gasteiger partial charge in [-0.05, 0) is 20.8 Å². The summed E-state index contributed by atoms with van der Waals surface area (Å²) in [4.78, 5) is 6.55. The second-order valence-electron chi connectivity index (χ2n) is 5.47. The molecule has 0 radical (unpaired) electrons. The summed E-state index contributed by atoms with van der Waals surface area (Å²) in [5.74, 6) is 0.491. The maximum absolute atomic E-state index is 5.75. The lowest BCUT2D eigenvalue weighted by atomic mass is 10.1. The molecule has 0 aromatic carbocycles. The second-order valence-corrected chi connectivity index (χ2v) is 5.47. The zero-order chi connectivity index (χ0) is 13.6. The monoisotopic (exact) mass is 254 g/mol. The van der Waals surface area contributed by atoms with E-state index in [1.165, 1.54) is 0 Å². The average Bonchev–Trinajstić information content (AvgIpc) is 2.25. The fraction of sp³-hybridized carbons (Fsp3) is 0.769. The Balaban J connectivity index is 2.21. The first-order chi connectivity index (χ1) is 8.39. The number of nitrogens with zero attached hydrogens (tertiary/aromatic N) is 2. The van der Waals surface area contributed by atoms with Gasteiger partial charge in [-0.25, -0.2) is 4.99 Å². The van der Waals surface area contributed by atoms with Crippen LogP contribution in [0.2, 0.25) is 0 Å². The number of rotatable bonds is 5. The van der Waals surface area contributed by atoms with E-state index in [9.17, 15) is 0 Å². The van der Waals surface area contributed by atoms with Gasteiger partial charge >= 0.3 is 0 Å². The summed E-state index contributed by atoms with van der Waals surface area (Å²) in [5, 5.41) is 3.12. The largest absolute Gasteiger partial charge is 0.373 e. The summed E-state index contributed by atoms with van der Waals surface area (Å²) >= 11 is 0. The first-order valence-electron chi connectivity index (χ1n) is 6.43. The quantitative estimate of drug-likeness (QED) is 0.428. The molecule has 0 saturated carbocycles. The highest BCUT2D eigenvalue weighted by Gasteiger charge is 2.26. The van der Waals surface area contributed by atoms with Gasteiger partial charge < -0.3 is 15.8 Å². The van der Waals surface area contributed by atoms with Crippen LogP contribution in [0.1, 0.15) is 20.8 Å². The zero-order valence-corrected chi connectivity index (χ0v) is 11.8. The molecule has 0 amide bonds. The van der Waals surface area contributed by atoms with Crippen molar-refractivity contribution in [3.05, 3.63) is 12.2 Å². The van der Waals surface area contributed by atoms with Crippen LogP contribution in [0.15, 0.2) is 17.1 Å². The summed E-state index contributed by atoms with van der Waals surface area (Å²) in [6.07, 6.45) is 0. The molecule has 3 N–H and O–H groups in total. The maximum Gasteiger partial charge on any atom is 0.188 e. The van der Waals surface area contributed by atoms with E-state index >= 15 is 0 Å². The van der Waals surface area contributed by atoms with Crippen LogP contribution < -0.4 is 11.1 Å². The number of morpholine rings is 1. The van der Waals surface area contributed by atoms with Crippen molar-refractivity contribution in [1.29, 1.82) is 0 Å². The molecule has 0 aliphatic carbocycles. The van der Waals surface area contributed by atoms with Gasteiger partial charge in [-0.1, -0.05) is 12.2 Å². The van der Waals surface area contributed by atoms with E-state index in [2.05, 4.69) is 35.6 Å². The van der Waals surface area contributed by atoms with Crippen molar-refractivity contribution < 1.29 is 4.74 Å². The Morgan fingerprint density at radius 2 is 2.28 bits per heavy atom. The first kappa shape index (κ1) is 15.0. The van der Waals surface area contributed by atoms with Crippen molar-refractivity contribution >= 4 is 5.96 Å². The molecule has 104 valence electrons. The number of guanidine groups is 1. The van der Waals surface area contributed by atoms with Crippen LogP contribution in [0.4, 0.5) is 0 Å². The molecule has 5 heteroatoms. The highest BCUT2D eigenvalue weighted by atomic mass is 16.5. The Hall–Kier alpha value is -1.07. The summed E-state index contributed by atoms with van der Waals surface area (Å²) in [6.45, 7) is 15.0. The Morgan fingerprint density at radius 3 is 2.89 bits per heavy atom. The first-order valence-corrected chi connectivity index (χ1v) is 6.43. The van der Waals surface area contributed by atoms with Crippen LogP contribution >= 0.6 is 0 Å². The number of hydrogen-bond donors (Lipinski definition) is 2. The lowest BCUT2D eigenvalue weighted by Gasteiger charge is -2.38. The molecule has 0 atom stereocenters. The van der Waals surface area contributed by atoms with Crippen LogP contribution in [-0.2, 0) is 4.74 Å². The predicted octanol–water partition coefficient (Wildman–Crippen LogP) is 0.578.